The molecule has 0 unspecified atom stereocenters. The highest BCUT2D eigenvalue weighted by molar-refractivity contribution is 6.07. The van der Waals surface area contributed by atoms with Crippen molar-refractivity contribution < 1.29 is 19.1 Å². The molecule has 0 radical (unpaired) electrons. The van der Waals surface area contributed by atoms with E-state index in [4.69, 9.17) is 4.74 Å². The zero-order chi connectivity index (χ0) is 17.0. The van der Waals surface area contributed by atoms with Crippen molar-refractivity contribution in [3.8, 4) is 0 Å². The van der Waals surface area contributed by atoms with Crippen molar-refractivity contribution in [1.82, 2.24) is 20.0 Å². The van der Waals surface area contributed by atoms with Crippen LogP contribution in [0, 0.1) is 5.41 Å². The molecule has 1 saturated carbocycles. The third-order valence-corrected chi connectivity index (χ3v) is 5.16. The van der Waals surface area contributed by atoms with Crippen molar-refractivity contribution in [1.29, 1.82) is 0 Å². The maximum absolute atomic E-state index is 12.7. The summed E-state index contributed by atoms with van der Waals surface area (Å²) in [5, 5.41) is 2.94. The lowest BCUT2D eigenvalue weighted by molar-refractivity contribution is -0.146. The van der Waals surface area contributed by atoms with E-state index in [1.165, 1.54) is 0 Å². The second-order valence-corrected chi connectivity index (χ2v) is 6.73. The molecule has 0 aromatic rings. The first kappa shape index (κ1) is 17.2. The standard InChI is InChI=1S/C16H26N4O4/c21-13-19-5-7-20(8-6-19)15(23)16(1-2-16)14(22)17-3-4-18-9-11-24-12-10-18/h13H,1-12H2,(H,17,22). The van der Waals surface area contributed by atoms with Gasteiger partial charge in [0.2, 0.25) is 18.2 Å². The van der Waals surface area contributed by atoms with Crippen LogP contribution in [-0.2, 0) is 19.1 Å². The van der Waals surface area contributed by atoms with Gasteiger partial charge < -0.3 is 19.9 Å². The van der Waals surface area contributed by atoms with E-state index in [2.05, 4.69) is 10.2 Å². The Kier molecular flexibility index (Phi) is 5.35. The number of carbonyl (C=O) groups excluding carboxylic acids is 3. The van der Waals surface area contributed by atoms with Gasteiger partial charge in [0.25, 0.3) is 0 Å². The topological polar surface area (TPSA) is 82.2 Å². The highest BCUT2D eigenvalue weighted by Gasteiger charge is 2.58. The van der Waals surface area contributed by atoms with Gasteiger partial charge in [0.05, 0.1) is 13.2 Å². The Balaban J connectivity index is 1.45. The summed E-state index contributed by atoms with van der Waals surface area (Å²) in [6.07, 6.45) is 2.07. The van der Waals surface area contributed by atoms with Gasteiger partial charge in [-0.25, -0.2) is 0 Å². The van der Waals surface area contributed by atoms with E-state index in [-0.39, 0.29) is 11.8 Å². The summed E-state index contributed by atoms with van der Waals surface area (Å²) in [5.74, 6) is -0.213. The lowest BCUT2D eigenvalue weighted by atomic mass is 10.0. The van der Waals surface area contributed by atoms with Gasteiger partial charge >= 0.3 is 0 Å². The first-order chi connectivity index (χ1) is 11.7. The van der Waals surface area contributed by atoms with Crippen LogP contribution in [0.15, 0.2) is 0 Å². The van der Waals surface area contributed by atoms with Crippen LogP contribution < -0.4 is 5.32 Å². The molecule has 2 aliphatic heterocycles. The van der Waals surface area contributed by atoms with E-state index in [1.54, 1.807) is 9.80 Å². The number of amides is 3. The molecule has 24 heavy (non-hydrogen) atoms. The van der Waals surface area contributed by atoms with Crippen molar-refractivity contribution in [2.75, 3.05) is 65.6 Å². The molecule has 1 aliphatic carbocycles. The molecule has 8 heteroatoms. The van der Waals surface area contributed by atoms with E-state index in [1.807, 2.05) is 0 Å². The molecule has 3 rings (SSSR count). The van der Waals surface area contributed by atoms with Crippen molar-refractivity contribution in [3.05, 3.63) is 0 Å². The molecule has 0 spiro atoms. The molecular weight excluding hydrogens is 312 g/mol. The van der Waals surface area contributed by atoms with E-state index in [9.17, 15) is 14.4 Å². The van der Waals surface area contributed by atoms with E-state index < -0.39 is 5.41 Å². The fourth-order valence-corrected chi connectivity index (χ4v) is 3.32. The smallest absolute Gasteiger partial charge is 0.238 e. The number of nitrogens with one attached hydrogen (secondary N) is 1. The summed E-state index contributed by atoms with van der Waals surface area (Å²) >= 11 is 0. The fraction of sp³-hybridized carbons (Fsp3) is 0.812. The Hall–Kier alpha value is -1.67. The third-order valence-electron chi connectivity index (χ3n) is 5.16. The zero-order valence-electron chi connectivity index (χ0n) is 14.0. The summed E-state index contributed by atoms with van der Waals surface area (Å²) in [7, 11) is 0. The number of piperazine rings is 1. The number of nitrogens with zero attached hydrogens (tertiary/aromatic N) is 3. The van der Waals surface area contributed by atoms with Crippen LogP contribution in [0.4, 0.5) is 0 Å². The molecule has 0 bridgehead atoms. The number of rotatable bonds is 6. The van der Waals surface area contributed by atoms with Gasteiger partial charge in [-0.15, -0.1) is 0 Å². The van der Waals surface area contributed by atoms with Gasteiger partial charge in [-0.1, -0.05) is 0 Å². The van der Waals surface area contributed by atoms with Crippen LogP contribution in [0.2, 0.25) is 0 Å². The molecule has 3 aliphatic rings. The monoisotopic (exact) mass is 338 g/mol. The Morgan fingerprint density at radius 2 is 1.71 bits per heavy atom. The first-order valence-corrected chi connectivity index (χ1v) is 8.73. The van der Waals surface area contributed by atoms with Crippen LogP contribution in [0.1, 0.15) is 12.8 Å². The maximum Gasteiger partial charge on any atom is 0.238 e. The number of morpholine rings is 1. The Morgan fingerprint density at radius 1 is 1.04 bits per heavy atom. The van der Waals surface area contributed by atoms with E-state index >= 15 is 0 Å². The second kappa shape index (κ2) is 7.48. The third kappa shape index (κ3) is 3.70. The van der Waals surface area contributed by atoms with Crippen LogP contribution in [-0.4, -0.2) is 98.5 Å². The molecule has 0 aromatic heterocycles. The Labute approximate surface area is 142 Å². The fourth-order valence-electron chi connectivity index (χ4n) is 3.32. The normalized spacial score (nSPS) is 23.7. The van der Waals surface area contributed by atoms with Crippen LogP contribution >= 0.6 is 0 Å². The average Bonchev–Trinajstić information content (AvgIpc) is 3.44. The van der Waals surface area contributed by atoms with Gasteiger partial charge in [0.1, 0.15) is 5.41 Å². The van der Waals surface area contributed by atoms with Gasteiger partial charge in [-0.2, -0.15) is 0 Å². The highest BCUT2D eigenvalue weighted by atomic mass is 16.5. The minimum absolute atomic E-state index is 0.0723. The second-order valence-electron chi connectivity index (χ2n) is 6.73. The number of hydrogen-bond acceptors (Lipinski definition) is 5. The summed E-state index contributed by atoms with van der Waals surface area (Å²) in [6.45, 7) is 6.73. The lowest BCUT2D eigenvalue weighted by Gasteiger charge is -2.34. The summed E-state index contributed by atoms with van der Waals surface area (Å²) in [6, 6.07) is 0. The summed E-state index contributed by atoms with van der Waals surface area (Å²) in [5.41, 5.74) is -0.853. The van der Waals surface area contributed by atoms with Crippen molar-refractivity contribution in [2.45, 2.75) is 12.8 Å². The van der Waals surface area contributed by atoms with Gasteiger partial charge in [-0.05, 0) is 12.8 Å². The van der Waals surface area contributed by atoms with Crippen molar-refractivity contribution in [3.63, 3.8) is 0 Å². The SMILES string of the molecule is O=CN1CCN(C(=O)C2(C(=O)NCCN3CCOCC3)CC2)CC1. The molecule has 2 saturated heterocycles. The van der Waals surface area contributed by atoms with Crippen LogP contribution in [0.25, 0.3) is 0 Å². The van der Waals surface area contributed by atoms with Gasteiger partial charge in [-0.3, -0.25) is 19.3 Å². The lowest BCUT2D eigenvalue weighted by Crippen LogP contribution is -2.53. The van der Waals surface area contributed by atoms with Crippen molar-refractivity contribution in [2.24, 2.45) is 5.41 Å². The number of ether oxygens (including phenoxy) is 1. The number of carbonyl (C=O) groups is 3. The molecule has 1 N–H and O–H groups in total. The molecule has 2 heterocycles. The average molecular weight is 338 g/mol. The molecule has 134 valence electrons. The minimum atomic E-state index is -0.853. The predicted molar refractivity (Wildman–Crippen MR) is 86.2 cm³/mol. The van der Waals surface area contributed by atoms with E-state index in [0.717, 1.165) is 39.3 Å². The quantitative estimate of drug-likeness (QED) is 0.472. The van der Waals surface area contributed by atoms with Crippen molar-refractivity contribution >= 4 is 18.2 Å². The summed E-state index contributed by atoms with van der Waals surface area (Å²) < 4.78 is 5.30. The molecule has 8 nitrogen and oxygen atoms in total. The van der Waals surface area contributed by atoms with E-state index in [0.29, 0.717) is 45.6 Å². The molecule has 0 aromatic carbocycles. The molecule has 0 atom stereocenters. The Bertz CT molecular complexity index is 480. The number of hydrogen-bond donors (Lipinski definition) is 1. The minimum Gasteiger partial charge on any atom is -0.379 e. The van der Waals surface area contributed by atoms with Gasteiger partial charge in [0, 0.05) is 52.4 Å². The predicted octanol–water partition coefficient (Wildman–Crippen LogP) is -1.48. The van der Waals surface area contributed by atoms with Crippen LogP contribution in [0.3, 0.4) is 0 Å². The summed E-state index contributed by atoms with van der Waals surface area (Å²) in [4.78, 5) is 41.6. The Morgan fingerprint density at radius 3 is 2.29 bits per heavy atom. The zero-order valence-corrected chi connectivity index (χ0v) is 14.0. The first-order valence-electron chi connectivity index (χ1n) is 8.73. The maximum atomic E-state index is 12.7. The highest BCUT2D eigenvalue weighted by Crippen LogP contribution is 2.47. The van der Waals surface area contributed by atoms with Crippen LogP contribution in [0.5, 0.6) is 0 Å². The molecular formula is C16H26N4O4. The molecule has 3 amide bonds. The largest absolute Gasteiger partial charge is 0.379 e. The molecule has 3 fully saturated rings. The van der Waals surface area contributed by atoms with Gasteiger partial charge in [0.15, 0.2) is 0 Å².